The minimum atomic E-state index is -0.172. The van der Waals surface area contributed by atoms with E-state index < -0.39 is 0 Å². The Labute approximate surface area is 109 Å². The third-order valence-corrected chi connectivity index (χ3v) is 3.72. The summed E-state index contributed by atoms with van der Waals surface area (Å²) < 4.78 is 8.01. The lowest BCUT2D eigenvalue weighted by atomic mass is 9.87. The van der Waals surface area contributed by atoms with Crippen molar-refractivity contribution in [1.29, 1.82) is 0 Å². The van der Waals surface area contributed by atoms with Crippen molar-refractivity contribution < 1.29 is 4.74 Å². The first-order valence-electron chi connectivity index (χ1n) is 6.96. The van der Waals surface area contributed by atoms with Gasteiger partial charge in [-0.1, -0.05) is 6.92 Å². The van der Waals surface area contributed by atoms with Crippen LogP contribution in [0.3, 0.4) is 0 Å². The fourth-order valence-corrected chi connectivity index (χ4v) is 2.71. The van der Waals surface area contributed by atoms with Crippen LogP contribution in [0.2, 0.25) is 0 Å². The maximum Gasteiger partial charge on any atom is 0.146 e. The molecule has 102 valence electrons. The zero-order valence-corrected chi connectivity index (χ0v) is 11.6. The summed E-state index contributed by atoms with van der Waals surface area (Å²) >= 11 is 0. The molecule has 1 fully saturated rings. The number of hydrogen-bond acceptors (Lipinski definition) is 4. The maximum absolute atomic E-state index is 6.06. The average molecular weight is 252 g/mol. The van der Waals surface area contributed by atoms with E-state index in [0.717, 1.165) is 38.4 Å². The first kappa shape index (κ1) is 13.5. The van der Waals surface area contributed by atoms with Crippen LogP contribution >= 0.6 is 0 Å². The van der Waals surface area contributed by atoms with Crippen molar-refractivity contribution in [3.05, 3.63) is 12.2 Å². The van der Waals surface area contributed by atoms with E-state index in [1.54, 1.807) is 6.33 Å². The van der Waals surface area contributed by atoms with Gasteiger partial charge in [-0.3, -0.25) is 0 Å². The van der Waals surface area contributed by atoms with Crippen molar-refractivity contribution in [2.75, 3.05) is 13.2 Å². The Bertz CT molecular complexity index is 371. The second-order valence-corrected chi connectivity index (χ2v) is 5.04. The van der Waals surface area contributed by atoms with Gasteiger partial charge in [-0.05, 0) is 39.7 Å². The molecule has 2 atom stereocenters. The molecule has 0 bridgehead atoms. The quantitative estimate of drug-likeness (QED) is 0.869. The van der Waals surface area contributed by atoms with E-state index in [0.29, 0.717) is 0 Å². The van der Waals surface area contributed by atoms with Crippen molar-refractivity contribution in [3.8, 4) is 0 Å². The molecule has 2 rings (SSSR count). The van der Waals surface area contributed by atoms with Gasteiger partial charge in [0.25, 0.3) is 0 Å². The van der Waals surface area contributed by atoms with Gasteiger partial charge in [0, 0.05) is 13.2 Å². The van der Waals surface area contributed by atoms with Gasteiger partial charge in [-0.2, -0.15) is 5.10 Å². The predicted octanol–water partition coefficient (Wildman–Crippen LogP) is 1.91. The SMILES string of the molecule is CCNC(c1ncnn1CC)C1(C)CCCCO1. The lowest BCUT2D eigenvalue weighted by Gasteiger charge is -2.40. The van der Waals surface area contributed by atoms with Gasteiger partial charge < -0.3 is 10.1 Å². The van der Waals surface area contributed by atoms with Crippen LogP contribution in [-0.2, 0) is 11.3 Å². The van der Waals surface area contributed by atoms with Crippen LogP contribution in [0.25, 0.3) is 0 Å². The largest absolute Gasteiger partial charge is 0.373 e. The standard InChI is InChI=1S/C13H24N4O/c1-4-14-11(12-15-10-16-17(12)5-2)13(3)8-6-7-9-18-13/h10-11,14H,4-9H2,1-3H3. The molecule has 18 heavy (non-hydrogen) atoms. The summed E-state index contributed by atoms with van der Waals surface area (Å²) in [6, 6.07) is 0.116. The van der Waals surface area contributed by atoms with Crippen LogP contribution in [0.4, 0.5) is 0 Å². The normalized spacial score (nSPS) is 26.2. The zero-order chi connectivity index (χ0) is 13.0. The van der Waals surface area contributed by atoms with Gasteiger partial charge >= 0.3 is 0 Å². The third-order valence-electron chi connectivity index (χ3n) is 3.72. The molecule has 1 saturated heterocycles. The minimum Gasteiger partial charge on any atom is -0.373 e. The number of rotatable bonds is 5. The van der Waals surface area contributed by atoms with Gasteiger partial charge in [-0.25, -0.2) is 9.67 Å². The molecule has 0 saturated carbocycles. The van der Waals surface area contributed by atoms with Gasteiger partial charge in [0.2, 0.25) is 0 Å². The molecule has 2 unspecified atom stereocenters. The highest BCUT2D eigenvalue weighted by atomic mass is 16.5. The summed E-state index contributed by atoms with van der Waals surface area (Å²) in [4.78, 5) is 4.44. The van der Waals surface area contributed by atoms with E-state index >= 15 is 0 Å². The molecule has 1 aliphatic heterocycles. The van der Waals surface area contributed by atoms with E-state index in [4.69, 9.17) is 4.74 Å². The van der Waals surface area contributed by atoms with Crippen molar-refractivity contribution in [3.63, 3.8) is 0 Å². The summed E-state index contributed by atoms with van der Waals surface area (Å²) in [5.74, 6) is 0.990. The second kappa shape index (κ2) is 5.80. The molecule has 5 nitrogen and oxygen atoms in total. The minimum absolute atomic E-state index is 0.116. The first-order chi connectivity index (χ1) is 8.71. The summed E-state index contributed by atoms with van der Waals surface area (Å²) in [6.07, 6.45) is 5.09. The van der Waals surface area contributed by atoms with Crippen LogP contribution in [-0.4, -0.2) is 33.5 Å². The number of ether oxygens (including phenoxy) is 1. The highest BCUT2D eigenvalue weighted by molar-refractivity contribution is 5.05. The Kier molecular flexibility index (Phi) is 4.35. The Balaban J connectivity index is 2.27. The third kappa shape index (κ3) is 2.57. The van der Waals surface area contributed by atoms with E-state index in [1.165, 1.54) is 6.42 Å². The molecule has 0 spiro atoms. The molecule has 1 aromatic rings. The van der Waals surface area contributed by atoms with E-state index in [-0.39, 0.29) is 11.6 Å². The molecule has 2 heterocycles. The summed E-state index contributed by atoms with van der Waals surface area (Å²) in [5.41, 5.74) is -0.172. The Morgan fingerprint density at radius 1 is 1.50 bits per heavy atom. The number of hydrogen-bond donors (Lipinski definition) is 1. The van der Waals surface area contributed by atoms with E-state index in [1.807, 2.05) is 4.68 Å². The Morgan fingerprint density at radius 3 is 2.94 bits per heavy atom. The van der Waals surface area contributed by atoms with Crippen molar-refractivity contribution in [2.45, 2.75) is 58.2 Å². The van der Waals surface area contributed by atoms with Crippen molar-refractivity contribution >= 4 is 0 Å². The average Bonchev–Trinajstić information content (AvgIpc) is 2.84. The Morgan fingerprint density at radius 2 is 2.33 bits per heavy atom. The van der Waals surface area contributed by atoms with Gasteiger partial charge in [0.05, 0.1) is 11.6 Å². The van der Waals surface area contributed by atoms with Crippen LogP contribution < -0.4 is 5.32 Å². The predicted molar refractivity (Wildman–Crippen MR) is 70.3 cm³/mol. The molecule has 5 heteroatoms. The molecule has 0 aliphatic carbocycles. The lowest BCUT2D eigenvalue weighted by Crippen LogP contribution is -2.47. The molecule has 1 aromatic heterocycles. The van der Waals surface area contributed by atoms with Crippen molar-refractivity contribution in [1.82, 2.24) is 20.1 Å². The number of likely N-dealkylation sites (N-methyl/N-ethyl adjacent to an activating group) is 1. The van der Waals surface area contributed by atoms with Crippen LogP contribution in [0.15, 0.2) is 6.33 Å². The first-order valence-corrected chi connectivity index (χ1v) is 6.96. The van der Waals surface area contributed by atoms with Crippen molar-refractivity contribution in [2.24, 2.45) is 0 Å². The second-order valence-electron chi connectivity index (χ2n) is 5.04. The highest BCUT2D eigenvalue weighted by Crippen LogP contribution is 2.35. The number of aryl methyl sites for hydroxylation is 1. The molecular weight excluding hydrogens is 228 g/mol. The number of nitrogens with zero attached hydrogens (tertiary/aromatic N) is 3. The molecule has 0 radical (unpaired) electrons. The zero-order valence-electron chi connectivity index (χ0n) is 11.6. The summed E-state index contributed by atoms with van der Waals surface area (Å²) in [5, 5.41) is 7.80. The molecular formula is C13H24N4O. The van der Waals surface area contributed by atoms with Crippen LogP contribution in [0, 0.1) is 0 Å². The Hall–Kier alpha value is -0.940. The monoisotopic (exact) mass is 252 g/mol. The van der Waals surface area contributed by atoms with E-state index in [9.17, 15) is 0 Å². The summed E-state index contributed by atoms with van der Waals surface area (Å²) in [7, 11) is 0. The van der Waals surface area contributed by atoms with Gasteiger partial charge in [0.15, 0.2) is 0 Å². The summed E-state index contributed by atoms with van der Waals surface area (Å²) in [6.45, 7) is 8.98. The number of aromatic nitrogens is 3. The van der Waals surface area contributed by atoms with Gasteiger partial charge in [-0.15, -0.1) is 0 Å². The molecule has 1 aliphatic rings. The topological polar surface area (TPSA) is 52.0 Å². The molecule has 1 N–H and O–H groups in total. The van der Waals surface area contributed by atoms with E-state index in [2.05, 4.69) is 36.2 Å². The fourth-order valence-electron chi connectivity index (χ4n) is 2.71. The molecule has 0 aromatic carbocycles. The van der Waals surface area contributed by atoms with Gasteiger partial charge in [0.1, 0.15) is 12.2 Å². The van der Waals surface area contributed by atoms with Crippen LogP contribution in [0.5, 0.6) is 0 Å². The number of nitrogens with one attached hydrogen (secondary N) is 1. The van der Waals surface area contributed by atoms with Crippen LogP contribution in [0.1, 0.15) is 51.9 Å². The highest BCUT2D eigenvalue weighted by Gasteiger charge is 2.39. The molecule has 0 amide bonds. The smallest absolute Gasteiger partial charge is 0.146 e. The maximum atomic E-state index is 6.06. The fraction of sp³-hybridized carbons (Fsp3) is 0.846. The lowest BCUT2D eigenvalue weighted by molar-refractivity contribution is -0.0919.